The van der Waals surface area contributed by atoms with Crippen molar-refractivity contribution in [1.82, 2.24) is 15.6 Å². The Morgan fingerprint density at radius 1 is 0.917 bits per heavy atom. The molecule has 1 aromatic carbocycles. The quantitative estimate of drug-likeness (QED) is 0.804. The van der Waals surface area contributed by atoms with Crippen LogP contribution in [-0.2, 0) is 6.54 Å². The van der Waals surface area contributed by atoms with E-state index >= 15 is 0 Å². The molecule has 128 valence electrons. The topological polar surface area (TPSA) is 37.0 Å². The van der Waals surface area contributed by atoms with Crippen molar-refractivity contribution in [2.24, 2.45) is 0 Å². The van der Waals surface area contributed by atoms with Crippen molar-refractivity contribution in [2.45, 2.75) is 57.7 Å². The Kier molecular flexibility index (Phi) is 6.39. The molecule has 0 bridgehead atoms. The number of rotatable bonds is 7. The maximum Gasteiger partial charge on any atom is 0.0273 e. The van der Waals surface area contributed by atoms with Crippen molar-refractivity contribution in [3.63, 3.8) is 0 Å². The Morgan fingerprint density at radius 2 is 1.62 bits per heavy atom. The second kappa shape index (κ2) is 8.95. The average molecular weight is 323 g/mol. The van der Waals surface area contributed by atoms with Crippen molar-refractivity contribution in [3.8, 4) is 11.1 Å². The van der Waals surface area contributed by atoms with Gasteiger partial charge in [-0.05, 0) is 73.5 Å². The SMILES string of the molecule is CCCNC1CCC(NCc2cccc(-c3ccncc3)c2)CC1. The van der Waals surface area contributed by atoms with Gasteiger partial charge in [0, 0.05) is 31.0 Å². The van der Waals surface area contributed by atoms with E-state index in [1.807, 2.05) is 12.4 Å². The normalized spacial score (nSPS) is 20.9. The zero-order valence-electron chi connectivity index (χ0n) is 14.7. The summed E-state index contributed by atoms with van der Waals surface area (Å²) in [5, 5.41) is 7.41. The lowest BCUT2D eigenvalue weighted by molar-refractivity contribution is 0.307. The summed E-state index contributed by atoms with van der Waals surface area (Å²) in [7, 11) is 0. The fraction of sp³-hybridized carbons (Fsp3) is 0.476. The van der Waals surface area contributed by atoms with Gasteiger partial charge in [-0.25, -0.2) is 0 Å². The number of pyridine rings is 1. The van der Waals surface area contributed by atoms with Gasteiger partial charge >= 0.3 is 0 Å². The molecule has 1 saturated carbocycles. The molecule has 3 nitrogen and oxygen atoms in total. The van der Waals surface area contributed by atoms with E-state index in [0.717, 1.165) is 19.1 Å². The molecule has 1 aromatic heterocycles. The molecule has 24 heavy (non-hydrogen) atoms. The standard InChI is InChI=1S/C21H29N3/c1-2-12-23-20-6-8-21(9-7-20)24-16-17-4-3-5-19(15-17)18-10-13-22-14-11-18/h3-5,10-11,13-15,20-21,23-24H,2,6-9,12,16H2,1H3. The van der Waals surface area contributed by atoms with Crippen LogP contribution in [0.1, 0.15) is 44.6 Å². The van der Waals surface area contributed by atoms with Crippen LogP contribution in [0.5, 0.6) is 0 Å². The first-order chi connectivity index (χ1) is 11.8. The van der Waals surface area contributed by atoms with Gasteiger partial charge in [0.1, 0.15) is 0 Å². The van der Waals surface area contributed by atoms with Gasteiger partial charge in [-0.1, -0.05) is 25.1 Å². The van der Waals surface area contributed by atoms with E-state index in [4.69, 9.17) is 0 Å². The highest BCUT2D eigenvalue weighted by atomic mass is 14.9. The van der Waals surface area contributed by atoms with Gasteiger partial charge in [0.25, 0.3) is 0 Å². The van der Waals surface area contributed by atoms with Gasteiger partial charge in [0.2, 0.25) is 0 Å². The van der Waals surface area contributed by atoms with Gasteiger partial charge in [0.15, 0.2) is 0 Å². The summed E-state index contributed by atoms with van der Waals surface area (Å²) in [5.41, 5.74) is 3.86. The molecule has 1 fully saturated rings. The molecule has 3 rings (SSSR count). The van der Waals surface area contributed by atoms with Crippen molar-refractivity contribution in [3.05, 3.63) is 54.4 Å². The zero-order chi connectivity index (χ0) is 16.6. The summed E-state index contributed by atoms with van der Waals surface area (Å²) in [6, 6.07) is 14.4. The Bertz CT molecular complexity index is 603. The summed E-state index contributed by atoms with van der Waals surface area (Å²) in [6.45, 7) is 4.35. The van der Waals surface area contributed by atoms with Crippen molar-refractivity contribution in [1.29, 1.82) is 0 Å². The van der Waals surface area contributed by atoms with Crippen molar-refractivity contribution < 1.29 is 0 Å². The molecule has 2 N–H and O–H groups in total. The summed E-state index contributed by atoms with van der Waals surface area (Å²) in [4.78, 5) is 4.10. The van der Waals surface area contributed by atoms with E-state index in [9.17, 15) is 0 Å². The first kappa shape index (κ1) is 17.1. The van der Waals surface area contributed by atoms with E-state index < -0.39 is 0 Å². The third kappa shape index (κ3) is 4.89. The van der Waals surface area contributed by atoms with E-state index in [1.165, 1.54) is 48.8 Å². The molecule has 1 aliphatic carbocycles. The molecular weight excluding hydrogens is 294 g/mol. The first-order valence-electron chi connectivity index (χ1n) is 9.31. The van der Waals surface area contributed by atoms with Gasteiger partial charge < -0.3 is 10.6 Å². The molecule has 0 radical (unpaired) electrons. The molecule has 0 saturated heterocycles. The molecule has 0 aliphatic heterocycles. The van der Waals surface area contributed by atoms with E-state index in [2.05, 4.69) is 58.9 Å². The number of benzene rings is 1. The van der Waals surface area contributed by atoms with Gasteiger partial charge in [-0.15, -0.1) is 0 Å². The van der Waals surface area contributed by atoms with Crippen LogP contribution >= 0.6 is 0 Å². The Balaban J connectivity index is 1.49. The lowest BCUT2D eigenvalue weighted by Gasteiger charge is -2.30. The number of nitrogens with one attached hydrogen (secondary N) is 2. The fourth-order valence-corrected chi connectivity index (χ4v) is 3.52. The second-order valence-electron chi connectivity index (χ2n) is 6.82. The summed E-state index contributed by atoms with van der Waals surface area (Å²) >= 11 is 0. The molecule has 0 amide bonds. The molecule has 0 unspecified atom stereocenters. The summed E-state index contributed by atoms with van der Waals surface area (Å²) < 4.78 is 0. The van der Waals surface area contributed by atoms with Crippen LogP contribution in [0.4, 0.5) is 0 Å². The zero-order valence-corrected chi connectivity index (χ0v) is 14.7. The minimum absolute atomic E-state index is 0.661. The predicted molar refractivity (Wildman–Crippen MR) is 101 cm³/mol. The van der Waals surface area contributed by atoms with Crippen LogP contribution in [0.15, 0.2) is 48.8 Å². The van der Waals surface area contributed by atoms with Crippen molar-refractivity contribution >= 4 is 0 Å². The fourth-order valence-electron chi connectivity index (χ4n) is 3.52. The molecule has 0 atom stereocenters. The molecule has 2 aromatic rings. The number of hydrogen-bond donors (Lipinski definition) is 2. The van der Waals surface area contributed by atoms with Crippen LogP contribution in [0.3, 0.4) is 0 Å². The van der Waals surface area contributed by atoms with Crippen LogP contribution < -0.4 is 10.6 Å². The van der Waals surface area contributed by atoms with Gasteiger partial charge in [-0.2, -0.15) is 0 Å². The maximum atomic E-state index is 4.10. The third-order valence-electron chi connectivity index (χ3n) is 4.95. The van der Waals surface area contributed by atoms with Crippen LogP contribution in [0.2, 0.25) is 0 Å². The van der Waals surface area contributed by atoms with Crippen molar-refractivity contribution in [2.75, 3.05) is 6.54 Å². The molecule has 0 spiro atoms. The molecular formula is C21H29N3. The Morgan fingerprint density at radius 3 is 2.33 bits per heavy atom. The number of aromatic nitrogens is 1. The molecule has 1 heterocycles. The lowest BCUT2D eigenvalue weighted by atomic mass is 9.91. The molecule has 1 aliphatic rings. The lowest BCUT2D eigenvalue weighted by Crippen LogP contribution is -2.39. The van der Waals surface area contributed by atoms with E-state index in [0.29, 0.717) is 6.04 Å². The monoisotopic (exact) mass is 323 g/mol. The summed E-state index contributed by atoms with van der Waals surface area (Å²) in [6.07, 6.45) is 10.1. The largest absolute Gasteiger partial charge is 0.314 e. The van der Waals surface area contributed by atoms with Crippen LogP contribution in [-0.4, -0.2) is 23.6 Å². The molecule has 3 heteroatoms. The highest BCUT2D eigenvalue weighted by Gasteiger charge is 2.19. The van der Waals surface area contributed by atoms with E-state index in [1.54, 1.807) is 0 Å². The minimum atomic E-state index is 0.661. The summed E-state index contributed by atoms with van der Waals surface area (Å²) in [5.74, 6) is 0. The highest BCUT2D eigenvalue weighted by molar-refractivity contribution is 5.63. The smallest absolute Gasteiger partial charge is 0.0273 e. The van der Waals surface area contributed by atoms with Crippen LogP contribution in [0.25, 0.3) is 11.1 Å². The maximum absolute atomic E-state index is 4.10. The first-order valence-corrected chi connectivity index (χ1v) is 9.31. The van der Waals surface area contributed by atoms with Gasteiger partial charge in [0.05, 0.1) is 0 Å². The highest BCUT2D eigenvalue weighted by Crippen LogP contribution is 2.21. The third-order valence-corrected chi connectivity index (χ3v) is 4.95. The average Bonchev–Trinajstić information content (AvgIpc) is 2.66. The number of nitrogens with zero attached hydrogens (tertiary/aromatic N) is 1. The van der Waals surface area contributed by atoms with Gasteiger partial charge in [-0.3, -0.25) is 4.98 Å². The van der Waals surface area contributed by atoms with Crippen LogP contribution in [0, 0.1) is 0 Å². The number of hydrogen-bond acceptors (Lipinski definition) is 3. The van der Waals surface area contributed by atoms with E-state index in [-0.39, 0.29) is 0 Å². The Labute approximate surface area is 145 Å². The minimum Gasteiger partial charge on any atom is -0.314 e. The Hall–Kier alpha value is -1.71. The second-order valence-corrected chi connectivity index (χ2v) is 6.82. The predicted octanol–water partition coefficient (Wildman–Crippen LogP) is 4.15.